The van der Waals surface area contributed by atoms with Gasteiger partial charge in [-0.1, -0.05) is 0 Å². The molecule has 2 heterocycles. The van der Waals surface area contributed by atoms with Crippen molar-refractivity contribution in [3.8, 4) is 0 Å². The SMILES string of the molecule is CCn1ncnc1Cn1ncnc1CNC. The second-order valence-corrected chi connectivity index (χ2v) is 3.36. The third-order valence-electron chi connectivity index (χ3n) is 2.32. The fourth-order valence-corrected chi connectivity index (χ4v) is 1.52. The molecular weight excluding hydrogens is 206 g/mol. The molecule has 0 saturated carbocycles. The Kier molecular flexibility index (Phi) is 3.25. The zero-order valence-electron chi connectivity index (χ0n) is 9.46. The highest BCUT2D eigenvalue weighted by molar-refractivity contribution is 4.91. The topological polar surface area (TPSA) is 73.5 Å². The van der Waals surface area contributed by atoms with E-state index in [0.717, 1.165) is 18.2 Å². The van der Waals surface area contributed by atoms with Crippen molar-refractivity contribution in [3.63, 3.8) is 0 Å². The Labute approximate surface area is 93.5 Å². The van der Waals surface area contributed by atoms with Crippen LogP contribution in [-0.4, -0.2) is 36.6 Å². The second-order valence-electron chi connectivity index (χ2n) is 3.36. The molecule has 0 aliphatic heterocycles. The van der Waals surface area contributed by atoms with Crippen LogP contribution in [0, 0.1) is 0 Å². The van der Waals surface area contributed by atoms with Crippen LogP contribution in [0.1, 0.15) is 18.6 Å². The minimum Gasteiger partial charge on any atom is -0.313 e. The molecule has 2 aromatic heterocycles. The van der Waals surface area contributed by atoms with E-state index < -0.39 is 0 Å². The molecule has 0 saturated heterocycles. The lowest BCUT2D eigenvalue weighted by atomic mass is 10.5. The van der Waals surface area contributed by atoms with E-state index >= 15 is 0 Å². The van der Waals surface area contributed by atoms with Gasteiger partial charge < -0.3 is 5.32 Å². The number of aryl methyl sites for hydroxylation is 1. The molecule has 0 spiro atoms. The Balaban J connectivity index is 2.17. The minimum atomic E-state index is 0.602. The standard InChI is InChI=1S/C9H15N7/c1-3-15-9(12-7-13-15)5-16-8(4-10-2)11-6-14-16/h6-7,10H,3-5H2,1-2H3. The fraction of sp³-hybridized carbons (Fsp3) is 0.556. The molecule has 86 valence electrons. The minimum absolute atomic E-state index is 0.602. The Morgan fingerprint density at radius 1 is 1.12 bits per heavy atom. The molecular formula is C9H15N7. The summed E-state index contributed by atoms with van der Waals surface area (Å²) in [4.78, 5) is 8.38. The highest BCUT2D eigenvalue weighted by atomic mass is 15.4. The van der Waals surface area contributed by atoms with Crippen molar-refractivity contribution >= 4 is 0 Å². The zero-order valence-corrected chi connectivity index (χ0v) is 9.46. The van der Waals surface area contributed by atoms with Crippen LogP contribution in [0.15, 0.2) is 12.7 Å². The molecule has 0 aromatic carbocycles. The van der Waals surface area contributed by atoms with Crippen molar-refractivity contribution in [2.24, 2.45) is 0 Å². The fourth-order valence-electron chi connectivity index (χ4n) is 1.52. The molecule has 0 bridgehead atoms. The van der Waals surface area contributed by atoms with E-state index in [1.807, 2.05) is 23.3 Å². The van der Waals surface area contributed by atoms with Gasteiger partial charge in [0.2, 0.25) is 0 Å². The second kappa shape index (κ2) is 4.84. The highest BCUT2D eigenvalue weighted by Gasteiger charge is 2.08. The first-order valence-electron chi connectivity index (χ1n) is 5.23. The van der Waals surface area contributed by atoms with Crippen LogP contribution in [-0.2, 0) is 19.6 Å². The Hall–Kier alpha value is -1.76. The van der Waals surface area contributed by atoms with E-state index in [0.29, 0.717) is 13.1 Å². The third-order valence-corrected chi connectivity index (χ3v) is 2.32. The molecule has 0 aliphatic carbocycles. The monoisotopic (exact) mass is 221 g/mol. The number of nitrogens with zero attached hydrogens (tertiary/aromatic N) is 6. The van der Waals surface area contributed by atoms with Gasteiger partial charge in [-0.2, -0.15) is 10.2 Å². The first-order valence-corrected chi connectivity index (χ1v) is 5.23. The number of hydrogen-bond acceptors (Lipinski definition) is 5. The summed E-state index contributed by atoms with van der Waals surface area (Å²) in [6.45, 7) is 4.14. The predicted octanol–water partition coefficient (Wildman–Crippen LogP) is -0.343. The highest BCUT2D eigenvalue weighted by Crippen LogP contribution is 2.00. The van der Waals surface area contributed by atoms with Crippen molar-refractivity contribution in [1.29, 1.82) is 0 Å². The maximum Gasteiger partial charge on any atom is 0.148 e. The summed E-state index contributed by atoms with van der Waals surface area (Å²) in [7, 11) is 1.88. The maximum absolute atomic E-state index is 4.21. The van der Waals surface area contributed by atoms with Crippen LogP contribution in [0.4, 0.5) is 0 Å². The summed E-state index contributed by atoms with van der Waals surface area (Å²) >= 11 is 0. The van der Waals surface area contributed by atoms with E-state index in [2.05, 4.69) is 25.5 Å². The molecule has 0 fully saturated rings. The lowest BCUT2D eigenvalue weighted by Gasteiger charge is -2.05. The van der Waals surface area contributed by atoms with E-state index in [4.69, 9.17) is 0 Å². The molecule has 0 aliphatic rings. The van der Waals surface area contributed by atoms with Crippen LogP contribution in [0.2, 0.25) is 0 Å². The summed E-state index contributed by atoms with van der Waals surface area (Å²) in [5, 5.41) is 11.3. The molecule has 0 radical (unpaired) electrons. The molecule has 0 amide bonds. The molecule has 2 aromatic rings. The average Bonchev–Trinajstić information content (AvgIpc) is 2.89. The molecule has 0 atom stereocenters. The molecule has 7 heteroatoms. The van der Waals surface area contributed by atoms with E-state index in [-0.39, 0.29) is 0 Å². The average molecular weight is 221 g/mol. The molecule has 0 unspecified atom stereocenters. The van der Waals surface area contributed by atoms with Gasteiger partial charge in [-0.3, -0.25) is 0 Å². The first kappa shape index (κ1) is 10.7. The van der Waals surface area contributed by atoms with E-state index in [1.165, 1.54) is 0 Å². The summed E-state index contributed by atoms with van der Waals surface area (Å²) in [6.07, 6.45) is 3.12. The van der Waals surface area contributed by atoms with Gasteiger partial charge >= 0.3 is 0 Å². The van der Waals surface area contributed by atoms with Gasteiger partial charge in [0.1, 0.15) is 30.8 Å². The van der Waals surface area contributed by atoms with E-state index in [1.54, 1.807) is 12.7 Å². The normalized spacial score (nSPS) is 10.9. The van der Waals surface area contributed by atoms with Gasteiger partial charge in [-0.15, -0.1) is 0 Å². The van der Waals surface area contributed by atoms with Gasteiger partial charge in [0.05, 0.1) is 6.54 Å². The van der Waals surface area contributed by atoms with Crippen LogP contribution < -0.4 is 5.32 Å². The smallest absolute Gasteiger partial charge is 0.148 e. The lowest BCUT2D eigenvalue weighted by Crippen LogP contribution is -2.16. The first-order chi connectivity index (χ1) is 7.85. The number of rotatable bonds is 5. The molecule has 16 heavy (non-hydrogen) atoms. The van der Waals surface area contributed by atoms with Crippen molar-refractivity contribution in [3.05, 3.63) is 24.3 Å². The Bertz CT molecular complexity index is 444. The third kappa shape index (κ3) is 2.08. The van der Waals surface area contributed by atoms with Crippen molar-refractivity contribution in [1.82, 2.24) is 34.8 Å². The van der Waals surface area contributed by atoms with Crippen molar-refractivity contribution in [2.75, 3.05) is 7.05 Å². The molecule has 2 rings (SSSR count). The summed E-state index contributed by atoms with van der Waals surface area (Å²) in [5.74, 6) is 1.79. The van der Waals surface area contributed by atoms with Gasteiger partial charge in [0, 0.05) is 6.54 Å². The molecule has 1 N–H and O–H groups in total. The maximum atomic E-state index is 4.21. The number of nitrogens with one attached hydrogen (secondary N) is 1. The zero-order chi connectivity index (χ0) is 11.4. The number of hydrogen-bond donors (Lipinski definition) is 1. The van der Waals surface area contributed by atoms with Gasteiger partial charge in [-0.25, -0.2) is 19.3 Å². The number of aromatic nitrogens is 6. The van der Waals surface area contributed by atoms with Crippen LogP contribution in [0.3, 0.4) is 0 Å². The quantitative estimate of drug-likeness (QED) is 0.747. The Morgan fingerprint density at radius 2 is 1.81 bits per heavy atom. The predicted molar refractivity (Wildman–Crippen MR) is 57.6 cm³/mol. The largest absolute Gasteiger partial charge is 0.313 e. The van der Waals surface area contributed by atoms with Gasteiger partial charge in [0.25, 0.3) is 0 Å². The van der Waals surface area contributed by atoms with Crippen LogP contribution in [0.5, 0.6) is 0 Å². The van der Waals surface area contributed by atoms with Crippen LogP contribution >= 0.6 is 0 Å². The molecule has 7 nitrogen and oxygen atoms in total. The van der Waals surface area contributed by atoms with Crippen molar-refractivity contribution in [2.45, 2.75) is 26.6 Å². The summed E-state index contributed by atoms with van der Waals surface area (Å²) in [6, 6.07) is 0. The van der Waals surface area contributed by atoms with Gasteiger partial charge in [0.15, 0.2) is 0 Å². The van der Waals surface area contributed by atoms with Crippen molar-refractivity contribution < 1.29 is 0 Å². The summed E-state index contributed by atoms with van der Waals surface area (Å²) < 4.78 is 3.68. The van der Waals surface area contributed by atoms with E-state index in [9.17, 15) is 0 Å². The lowest BCUT2D eigenvalue weighted by molar-refractivity contribution is 0.545. The van der Waals surface area contributed by atoms with Gasteiger partial charge in [-0.05, 0) is 14.0 Å². The Morgan fingerprint density at radius 3 is 2.50 bits per heavy atom. The summed E-state index contributed by atoms with van der Waals surface area (Å²) in [5.41, 5.74) is 0. The van der Waals surface area contributed by atoms with Crippen LogP contribution in [0.25, 0.3) is 0 Å².